The van der Waals surface area contributed by atoms with Gasteiger partial charge in [-0.25, -0.2) is 0 Å². The van der Waals surface area contributed by atoms with Crippen LogP contribution >= 0.6 is 48.9 Å². The topological polar surface area (TPSA) is 13.0 Å². The molecular formula is C44H88N4PbS8-4. The van der Waals surface area contributed by atoms with E-state index in [-0.39, 0.29) is 27.3 Å². The van der Waals surface area contributed by atoms with Gasteiger partial charge in [-0.1, -0.05) is 175 Å². The van der Waals surface area contributed by atoms with E-state index in [2.05, 4.69) is 75.0 Å². The van der Waals surface area contributed by atoms with E-state index in [9.17, 15) is 0 Å². The summed E-state index contributed by atoms with van der Waals surface area (Å²) in [5, 5.41) is 0. The maximum atomic E-state index is 5.06. The van der Waals surface area contributed by atoms with Crippen molar-refractivity contribution in [2.75, 3.05) is 52.4 Å². The molecule has 4 radical (unpaired) electrons. The first-order valence-electron chi connectivity index (χ1n) is 22.7. The summed E-state index contributed by atoms with van der Waals surface area (Å²) in [7, 11) is 0. The molecule has 0 aromatic carbocycles. The standard InChI is InChI=1S/4C11H23NS2.Pb/c4*1-3-5-7-9-12(11(13)14)10-8-6-4-2;/h4*3-10H2,1-2H3,(H,13,14);/p-4. The number of hydrogen-bond donors (Lipinski definition) is 0. The van der Waals surface area contributed by atoms with Gasteiger partial charge in [-0.15, -0.1) is 0 Å². The molecule has 4 nitrogen and oxygen atoms in total. The van der Waals surface area contributed by atoms with Crippen LogP contribution in [0.1, 0.15) is 209 Å². The molecular weight excluding hydrogens is 1050 g/mol. The van der Waals surface area contributed by atoms with Crippen molar-refractivity contribution in [1.82, 2.24) is 19.6 Å². The third-order valence-corrected chi connectivity index (χ3v) is 11.4. The molecule has 0 fully saturated rings. The predicted octanol–water partition coefficient (Wildman–Crippen LogP) is 13.6. The molecule has 0 N–H and O–H groups in total. The van der Waals surface area contributed by atoms with E-state index in [1.54, 1.807) is 0 Å². The molecule has 0 atom stereocenters. The molecule has 0 aliphatic heterocycles. The Hall–Kier alpha value is 1.36. The van der Waals surface area contributed by atoms with Crippen molar-refractivity contribution < 1.29 is 0 Å². The molecule has 0 saturated carbocycles. The first-order valence-corrected chi connectivity index (χ1v) is 26.0. The van der Waals surface area contributed by atoms with Crippen molar-refractivity contribution in [2.24, 2.45) is 0 Å². The van der Waals surface area contributed by atoms with Crippen LogP contribution in [0.25, 0.3) is 0 Å². The van der Waals surface area contributed by atoms with E-state index in [4.69, 9.17) is 99.4 Å². The minimum Gasteiger partial charge on any atom is -0.411 e. The second-order valence-corrected chi connectivity index (χ2v) is 18.8. The Balaban J connectivity index is -0.000000210. The van der Waals surface area contributed by atoms with Crippen molar-refractivity contribution >= 4 is 144 Å². The van der Waals surface area contributed by atoms with Gasteiger partial charge in [0.25, 0.3) is 0 Å². The fourth-order valence-corrected chi connectivity index (χ4v) is 7.06. The molecule has 0 heterocycles. The zero-order valence-electron chi connectivity index (χ0n) is 38.2. The number of hydrogen-bond acceptors (Lipinski definition) is 8. The zero-order valence-corrected chi connectivity index (χ0v) is 48.6. The van der Waals surface area contributed by atoms with Crippen LogP contribution in [0, 0.1) is 0 Å². The van der Waals surface area contributed by atoms with E-state index in [0.717, 1.165) is 52.4 Å². The minimum atomic E-state index is 0. The molecule has 57 heavy (non-hydrogen) atoms. The SMILES string of the molecule is CCCCCN(CCCCC)C(=S)[S-].CCCCCN(CCCCC)C(=S)[S-].CCCCCN(CCCCC)C(=S)[S-].CCCCCN(CCCCC)C(=S)[S-].[Pb]. The quantitative estimate of drug-likeness (QED) is 0.0276. The normalized spacial score (nSPS) is 9.96. The summed E-state index contributed by atoms with van der Waals surface area (Å²) in [6.07, 6.45) is 30.1. The van der Waals surface area contributed by atoms with Gasteiger partial charge in [-0.3, -0.25) is 0 Å². The van der Waals surface area contributed by atoms with Crippen LogP contribution in [-0.2, 0) is 50.5 Å². The average Bonchev–Trinajstić information content (AvgIpc) is 3.16. The van der Waals surface area contributed by atoms with Crippen LogP contribution in [0.15, 0.2) is 0 Å². The Labute approximate surface area is 421 Å². The van der Waals surface area contributed by atoms with Crippen molar-refractivity contribution in [3.63, 3.8) is 0 Å². The first kappa shape index (κ1) is 67.4. The van der Waals surface area contributed by atoms with E-state index in [1.165, 1.54) is 154 Å². The summed E-state index contributed by atoms with van der Waals surface area (Å²) in [6, 6.07) is 0. The molecule has 0 aromatic rings. The fraction of sp³-hybridized carbons (Fsp3) is 0.909. The minimum absolute atomic E-state index is 0. The number of rotatable bonds is 32. The van der Waals surface area contributed by atoms with Crippen molar-refractivity contribution in [3.05, 3.63) is 0 Å². The first-order chi connectivity index (χ1) is 26.9. The molecule has 0 spiro atoms. The second-order valence-electron chi connectivity index (χ2n) is 14.7. The van der Waals surface area contributed by atoms with E-state index >= 15 is 0 Å². The largest absolute Gasteiger partial charge is 0.411 e. The van der Waals surface area contributed by atoms with E-state index < -0.39 is 0 Å². The Morgan fingerprint density at radius 1 is 0.263 bits per heavy atom. The van der Waals surface area contributed by atoms with Gasteiger partial charge in [0.15, 0.2) is 0 Å². The Kier molecular flexibility index (Phi) is 65.5. The summed E-state index contributed by atoms with van der Waals surface area (Å²) in [5.74, 6) is 0. The van der Waals surface area contributed by atoms with E-state index in [1.807, 2.05) is 0 Å². The van der Waals surface area contributed by atoms with Crippen LogP contribution in [0.5, 0.6) is 0 Å². The Morgan fingerprint density at radius 3 is 0.439 bits per heavy atom. The van der Waals surface area contributed by atoms with Crippen LogP contribution in [0.2, 0.25) is 0 Å². The number of thiocarbonyl (C=S) groups is 4. The predicted molar refractivity (Wildman–Crippen MR) is 288 cm³/mol. The van der Waals surface area contributed by atoms with Crippen LogP contribution in [0.4, 0.5) is 0 Å². The van der Waals surface area contributed by atoms with Crippen LogP contribution in [0.3, 0.4) is 0 Å². The maximum absolute atomic E-state index is 5.06. The summed E-state index contributed by atoms with van der Waals surface area (Å²) in [6.45, 7) is 26.2. The molecule has 0 unspecified atom stereocenters. The molecule has 0 bridgehead atoms. The van der Waals surface area contributed by atoms with Gasteiger partial charge in [0, 0.05) is 79.7 Å². The zero-order chi connectivity index (χ0) is 43.2. The smallest absolute Gasteiger partial charge is 0.0162 e. The molecule has 0 saturated heterocycles. The summed E-state index contributed by atoms with van der Waals surface area (Å²) < 4.78 is 2.60. The van der Waals surface area contributed by atoms with Gasteiger partial charge < -0.3 is 119 Å². The van der Waals surface area contributed by atoms with Gasteiger partial charge in [0.05, 0.1) is 0 Å². The molecule has 13 heteroatoms. The molecule has 0 aliphatic rings. The summed E-state index contributed by atoms with van der Waals surface area (Å²) >= 11 is 40.5. The van der Waals surface area contributed by atoms with Crippen LogP contribution in [-0.4, -0.2) is 117 Å². The van der Waals surface area contributed by atoms with Crippen molar-refractivity contribution in [1.29, 1.82) is 0 Å². The third kappa shape index (κ3) is 53.4. The Bertz CT molecular complexity index is 696. The summed E-state index contributed by atoms with van der Waals surface area (Å²) in [5.41, 5.74) is 0. The van der Waals surface area contributed by atoms with Crippen LogP contribution < -0.4 is 0 Å². The van der Waals surface area contributed by atoms with Gasteiger partial charge in [0.1, 0.15) is 0 Å². The van der Waals surface area contributed by atoms with Gasteiger partial charge in [-0.2, -0.15) is 0 Å². The van der Waals surface area contributed by atoms with Crippen molar-refractivity contribution in [3.8, 4) is 0 Å². The molecule has 0 aromatic heterocycles. The molecule has 340 valence electrons. The van der Waals surface area contributed by atoms with Gasteiger partial charge in [-0.05, 0) is 51.4 Å². The molecule has 0 amide bonds. The second kappa shape index (κ2) is 55.4. The number of nitrogens with zero attached hydrogens (tertiary/aromatic N) is 4. The Morgan fingerprint density at radius 2 is 0.368 bits per heavy atom. The molecule has 0 rings (SSSR count). The summed E-state index contributed by atoms with van der Waals surface area (Å²) in [4.78, 5) is 8.71. The number of unbranched alkanes of at least 4 members (excludes halogenated alkanes) is 16. The van der Waals surface area contributed by atoms with Gasteiger partial charge >= 0.3 is 0 Å². The van der Waals surface area contributed by atoms with E-state index in [0.29, 0.717) is 17.3 Å². The average molecular weight is 1140 g/mol. The monoisotopic (exact) mass is 1140 g/mol. The fourth-order valence-electron chi connectivity index (χ4n) is 5.60. The van der Waals surface area contributed by atoms with Crippen molar-refractivity contribution in [2.45, 2.75) is 209 Å². The van der Waals surface area contributed by atoms with Gasteiger partial charge in [0.2, 0.25) is 0 Å². The molecule has 0 aliphatic carbocycles. The third-order valence-electron chi connectivity index (χ3n) is 9.29. The maximum Gasteiger partial charge on any atom is 0.0162 e.